The Morgan fingerprint density at radius 1 is 1.25 bits per heavy atom. The van der Waals surface area contributed by atoms with Crippen molar-refractivity contribution in [2.75, 3.05) is 13.7 Å². The summed E-state index contributed by atoms with van der Waals surface area (Å²) in [5, 5.41) is 1.83. The van der Waals surface area contributed by atoms with E-state index in [4.69, 9.17) is 0 Å². The van der Waals surface area contributed by atoms with Gasteiger partial charge >= 0.3 is 18.1 Å². The summed E-state index contributed by atoms with van der Waals surface area (Å²) in [4.78, 5) is 21.9. The fraction of sp³-hybridized carbons (Fsp3) is 0.846. The zero-order chi connectivity index (χ0) is 16.0. The lowest BCUT2D eigenvalue weighted by molar-refractivity contribution is -0.173. The van der Waals surface area contributed by atoms with Gasteiger partial charge in [0, 0.05) is 6.54 Å². The summed E-state index contributed by atoms with van der Waals surface area (Å²) in [7, 11) is 1.32. The van der Waals surface area contributed by atoms with Crippen LogP contribution in [0.15, 0.2) is 0 Å². The number of carbonyl (C=O) groups is 2. The highest BCUT2D eigenvalue weighted by Crippen LogP contribution is 2.30. The molecule has 0 rings (SSSR count). The van der Waals surface area contributed by atoms with Gasteiger partial charge in [-0.1, -0.05) is 20.8 Å². The molecule has 0 aliphatic carbocycles. The van der Waals surface area contributed by atoms with E-state index in [0.29, 0.717) is 19.3 Å². The van der Waals surface area contributed by atoms with Crippen LogP contribution in [0.5, 0.6) is 0 Å². The Labute approximate surface area is 117 Å². The number of methoxy groups -OCH3 is 1. The van der Waals surface area contributed by atoms with Gasteiger partial charge in [-0.05, 0) is 24.7 Å². The summed E-state index contributed by atoms with van der Waals surface area (Å²) >= 11 is 0. The van der Waals surface area contributed by atoms with E-state index in [1.165, 1.54) is 7.11 Å². The second-order valence-corrected chi connectivity index (χ2v) is 5.65. The van der Waals surface area contributed by atoms with E-state index >= 15 is 0 Å². The van der Waals surface area contributed by atoms with E-state index in [9.17, 15) is 22.8 Å². The maximum absolute atomic E-state index is 11.9. The third kappa shape index (κ3) is 7.35. The zero-order valence-corrected chi connectivity index (χ0v) is 12.3. The molecule has 118 valence electrons. The second-order valence-electron chi connectivity index (χ2n) is 5.65. The highest BCUT2D eigenvalue weighted by Gasteiger charge is 2.38. The van der Waals surface area contributed by atoms with E-state index in [-0.39, 0.29) is 23.8 Å². The van der Waals surface area contributed by atoms with Crippen LogP contribution in [0.1, 0.15) is 40.0 Å². The molecule has 1 atom stereocenters. The molecule has 1 N–H and O–H groups in total. The van der Waals surface area contributed by atoms with Crippen molar-refractivity contribution < 1.29 is 27.5 Å². The van der Waals surface area contributed by atoms with Gasteiger partial charge in [0.15, 0.2) is 0 Å². The normalized spacial score (nSPS) is 13.8. The first-order valence-corrected chi connectivity index (χ1v) is 6.42. The van der Waals surface area contributed by atoms with E-state index in [2.05, 4.69) is 4.74 Å². The van der Waals surface area contributed by atoms with Gasteiger partial charge in [-0.2, -0.15) is 13.2 Å². The number of hydrogen-bond donors (Lipinski definition) is 1. The third-order valence-corrected chi connectivity index (χ3v) is 3.04. The molecule has 0 radical (unpaired) electrons. The summed E-state index contributed by atoms with van der Waals surface area (Å²) in [6.07, 6.45) is -3.24. The van der Waals surface area contributed by atoms with E-state index in [1.807, 2.05) is 19.2 Å². The van der Waals surface area contributed by atoms with Crippen LogP contribution >= 0.6 is 0 Å². The molecular weight excluding hydrogens is 275 g/mol. The van der Waals surface area contributed by atoms with Crippen LogP contribution in [0.4, 0.5) is 13.2 Å². The van der Waals surface area contributed by atoms with Crippen LogP contribution in [0, 0.1) is 11.3 Å². The number of rotatable bonds is 7. The van der Waals surface area contributed by atoms with Crippen molar-refractivity contribution >= 4 is 11.9 Å². The molecule has 0 aromatic heterocycles. The van der Waals surface area contributed by atoms with Crippen LogP contribution in [-0.4, -0.2) is 31.7 Å². The van der Waals surface area contributed by atoms with Gasteiger partial charge in [-0.15, -0.1) is 0 Å². The molecule has 0 spiro atoms. The fourth-order valence-corrected chi connectivity index (χ4v) is 2.08. The number of nitrogens with one attached hydrogen (secondary N) is 1. The van der Waals surface area contributed by atoms with Gasteiger partial charge in [-0.25, -0.2) is 0 Å². The lowest BCUT2D eigenvalue weighted by atomic mass is 9.79. The summed E-state index contributed by atoms with van der Waals surface area (Å²) in [5.74, 6) is -2.48. The average molecular weight is 297 g/mol. The van der Waals surface area contributed by atoms with Crippen molar-refractivity contribution in [3.8, 4) is 0 Å². The molecule has 0 saturated carbocycles. The molecule has 0 heterocycles. The Hall–Kier alpha value is -1.27. The largest absolute Gasteiger partial charge is 0.471 e. The van der Waals surface area contributed by atoms with Gasteiger partial charge in [0.25, 0.3) is 0 Å². The molecule has 1 unspecified atom stereocenters. The second kappa shape index (κ2) is 7.50. The highest BCUT2D eigenvalue weighted by molar-refractivity contribution is 5.81. The molecule has 7 heteroatoms. The van der Waals surface area contributed by atoms with Gasteiger partial charge in [0.05, 0.1) is 13.0 Å². The van der Waals surface area contributed by atoms with Crippen molar-refractivity contribution in [1.82, 2.24) is 5.32 Å². The summed E-state index contributed by atoms with van der Waals surface area (Å²) in [6, 6.07) is 0. The van der Waals surface area contributed by atoms with Crippen LogP contribution in [0.25, 0.3) is 0 Å². The minimum Gasteiger partial charge on any atom is -0.469 e. The molecule has 0 aromatic rings. The van der Waals surface area contributed by atoms with Crippen molar-refractivity contribution in [1.29, 1.82) is 0 Å². The number of ether oxygens (including phenoxy) is 1. The smallest absolute Gasteiger partial charge is 0.469 e. The van der Waals surface area contributed by atoms with Crippen LogP contribution in [-0.2, 0) is 14.3 Å². The molecule has 20 heavy (non-hydrogen) atoms. The quantitative estimate of drug-likeness (QED) is 0.580. The van der Waals surface area contributed by atoms with E-state index in [1.54, 1.807) is 6.92 Å². The molecule has 1 amide bonds. The lowest BCUT2D eigenvalue weighted by Crippen LogP contribution is -2.37. The van der Waals surface area contributed by atoms with Crippen molar-refractivity contribution in [2.45, 2.75) is 46.2 Å². The third-order valence-electron chi connectivity index (χ3n) is 3.04. The van der Waals surface area contributed by atoms with Crippen molar-refractivity contribution in [2.24, 2.45) is 11.3 Å². The Kier molecular flexibility index (Phi) is 7.02. The molecule has 0 aliphatic rings. The molecule has 0 bridgehead atoms. The Balaban J connectivity index is 4.05. The lowest BCUT2D eigenvalue weighted by Gasteiger charge is -2.27. The summed E-state index contributed by atoms with van der Waals surface area (Å²) in [6.45, 7) is 5.57. The summed E-state index contributed by atoms with van der Waals surface area (Å²) < 4.78 is 40.5. The molecule has 4 nitrogen and oxygen atoms in total. The molecule has 0 fully saturated rings. The minimum absolute atomic E-state index is 0.0334. The first-order chi connectivity index (χ1) is 8.99. The monoisotopic (exact) mass is 297 g/mol. The number of hydrogen-bond acceptors (Lipinski definition) is 3. The Bertz CT molecular complexity index is 340. The number of esters is 1. The van der Waals surface area contributed by atoms with Gasteiger partial charge in [0.1, 0.15) is 0 Å². The van der Waals surface area contributed by atoms with E-state index in [0.717, 1.165) is 0 Å². The number of alkyl halides is 3. The van der Waals surface area contributed by atoms with Crippen LogP contribution in [0.3, 0.4) is 0 Å². The number of halogens is 3. The predicted octanol–water partition coefficient (Wildman–Crippen LogP) is 2.67. The SMILES string of the molecule is COC(=O)C(C)CC(C)(C)CCCNC(=O)C(F)(F)F. The molecular formula is C13H22F3NO3. The standard InChI is InChI=1S/C13H22F3NO3/c1-9(10(18)20-4)8-12(2,3)6-5-7-17-11(19)13(14,15)16/h9H,5-8H2,1-4H3,(H,17,19). The van der Waals surface area contributed by atoms with Gasteiger partial charge < -0.3 is 10.1 Å². The Morgan fingerprint density at radius 3 is 2.25 bits per heavy atom. The van der Waals surface area contributed by atoms with E-state index < -0.39 is 12.1 Å². The topological polar surface area (TPSA) is 55.4 Å². The number of carbonyl (C=O) groups excluding carboxylic acids is 2. The zero-order valence-electron chi connectivity index (χ0n) is 12.3. The van der Waals surface area contributed by atoms with Crippen LogP contribution in [0.2, 0.25) is 0 Å². The molecule has 0 saturated heterocycles. The fourth-order valence-electron chi connectivity index (χ4n) is 2.08. The van der Waals surface area contributed by atoms with Crippen molar-refractivity contribution in [3.05, 3.63) is 0 Å². The first kappa shape index (κ1) is 18.7. The van der Waals surface area contributed by atoms with Crippen molar-refractivity contribution in [3.63, 3.8) is 0 Å². The average Bonchev–Trinajstić information content (AvgIpc) is 2.31. The van der Waals surface area contributed by atoms with Gasteiger partial charge in [-0.3, -0.25) is 9.59 Å². The predicted molar refractivity (Wildman–Crippen MR) is 67.9 cm³/mol. The Morgan fingerprint density at radius 2 is 1.80 bits per heavy atom. The molecule has 0 aromatic carbocycles. The maximum atomic E-state index is 11.9. The van der Waals surface area contributed by atoms with Crippen LogP contribution < -0.4 is 5.32 Å². The maximum Gasteiger partial charge on any atom is 0.471 e. The van der Waals surface area contributed by atoms with Gasteiger partial charge in [0.2, 0.25) is 0 Å². The minimum atomic E-state index is -4.84. The summed E-state index contributed by atoms with van der Waals surface area (Å²) in [5.41, 5.74) is -0.212. The number of amides is 1. The first-order valence-electron chi connectivity index (χ1n) is 6.42. The molecule has 0 aliphatic heterocycles. The highest BCUT2D eigenvalue weighted by atomic mass is 19.4.